The van der Waals surface area contributed by atoms with Gasteiger partial charge in [0.2, 0.25) is 10.0 Å². The number of anilines is 1. The van der Waals surface area contributed by atoms with Gasteiger partial charge in [0, 0.05) is 26.6 Å². The first-order chi connectivity index (χ1) is 9.89. The number of hydrogen-bond acceptors (Lipinski definition) is 6. The number of para-hydroxylation sites is 1. The molecular weight excluding hydrogens is 296 g/mol. The van der Waals surface area contributed by atoms with Gasteiger partial charge in [-0.1, -0.05) is 13.0 Å². The Morgan fingerprint density at radius 2 is 2.14 bits per heavy atom. The topological polar surface area (TPSA) is 116 Å². The zero-order valence-corrected chi connectivity index (χ0v) is 12.6. The summed E-state index contributed by atoms with van der Waals surface area (Å²) in [6, 6.07) is 5.93. The van der Waals surface area contributed by atoms with Gasteiger partial charge in [0.15, 0.2) is 4.90 Å². The number of nitriles is 1. The quantitative estimate of drug-likeness (QED) is 0.603. The van der Waals surface area contributed by atoms with Crippen LogP contribution in [0, 0.1) is 21.4 Å². The van der Waals surface area contributed by atoms with Crippen molar-refractivity contribution < 1.29 is 13.3 Å². The van der Waals surface area contributed by atoms with E-state index in [2.05, 4.69) is 5.32 Å². The van der Waals surface area contributed by atoms with E-state index in [1.54, 1.807) is 6.92 Å². The van der Waals surface area contributed by atoms with Crippen molar-refractivity contribution >= 4 is 21.4 Å². The summed E-state index contributed by atoms with van der Waals surface area (Å²) in [5, 5.41) is 22.4. The Bertz CT molecular complexity index is 666. The van der Waals surface area contributed by atoms with Gasteiger partial charge in [-0.05, 0) is 12.1 Å². The van der Waals surface area contributed by atoms with Crippen LogP contribution in [-0.2, 0) is 10.0 Å². The van der Waals surface area contributed by atoms with Gasteiger partial charge in [-0.15, -0.1) is 0 Å². The van der Waals surface area contributed by atoms with E-state index in [0.29, 0.717) is 0 Å². The van der Waals surface area contributed by atoms with Crippen molar-refractivity contribution in [2.75, 3.05) is 25.5 Å². The monoisotopic (exact) mass is 312 g/mol. The zero-order valence-electron chi connectivity index (χ0n) is 11.7. The Balaban J connectivity index is 3.44. The lowest BCUT2D eigenvalue weighted by Gasteiger charge is -2.19. The Morgan fingerprint density at radius 3 is 2.62 bits per heavy atom. The standard InChI is InChI=1S/C12H16N4O4S/c1-3-15(9-5-8-13)21(19,20)11-7-4-6-10(14-2)12(11)16(17)18/h4,6-7,14H,3,5,9H2,1-2H3. The first-order valence-electron chi connectivity index (χ1n) is 6.22. The summed E-state index contributed by atoms with van der Waals surface area (Å²) in [5.41, 5.74) is -0.368. The second-order valence-electron chi connectivity index (χ2n) is 4.06. The third kappa shape index (κ3) is 3.48. The molecule has 0 aliphatic heterocycles. The molecule has 0 aromatic heterocycles. The molecule has 0 bridgehead atoms. The van der Waals surface area contributed by atoms with Gasteiger partial charge >= 0.3 is 5.69 Å². The Morgan fingerprint density at radius 1 is 1.48 bits per heavy atom. The maximum atomic E-state index is 12.5. The van der Waals surface area contributed by atoms with E-state index >= 15 is 0 Å². The average Bonchev–Trinajstić information content (AvgIpc) is 2.46. The van der Waals surface area contributed by atoms with Gasteiger partial charge < -0.3 is 5.32 Å². The predicted octanol–water partition coefficient (Wildman–Crippen LogP) is 1.56. The maximum Gasteiger partial charge on any atom is 0.312 e. The van der Waals surface area contributed by atoms with Crippen LogP contribution in [0.2, 0.25) is 0 Å². The summed E-state index contributed by atoms with van der Waals surface area (Å²) < 4.78 is 26.1. The van der Waals surface area contributed by atoms with Crippen LogP contribution in [0.5, 0.6) is 0 Å². The minimum Gasteiger partial charge on any atom is -0.383 e. The molecule has 0 saturated heterocycles. The fourth-order valence-electron chi connectivity index (χ4n) is 1.88. The normalized spacial score (nSPS) is 11.1. The van der Waals surface area contributed by atoms with Crippen molar-refractivity contribution in [2.45, 2.75) is 18.2 Å². The smallest absolute Gasteiger partial charge is 0.312 e. The highest BCUT2D eigenvalue weighted by Gasteiger charge is 2.32. The Hall–Kier alpha value is -2.18. The minimum atomic E-state index is -4.03. The molecule has 8 nitrogen and oxygen atoms in total. The van der Waals surface area contributed by atoms with Crippen molar-refractivity contribution in [3.05, 3.63) is 28.3 Å². The number of rotatable bonds is 7. The van der Waals surface area contributed by atoms with Gasteiger partial charge in [-0.3, -0.25) is 10.1 Å². The number of nitrogens with zero attached hydrogens (tertiary/aromatic N) is 3. The molecule has 1 rings (SSSR count). The number of nitro benzene ring substituents is 1. The number of nitrogens with one attached hydrogen (secondary N) is 1. The summed E-state index contributed by atoms with van der Waals surface area (Å²) in [6.45, 7) is 1.74. The summed E-state index contributed by atoms with van der Waals surface area (Å²) >= 11 is 0. The largest absolute Gasteiger partial charge is 0.383 e. The third-order valence-corrected chi connectivity index (χ3v) is 4.90. The molecule has 1 aromatic rings. The molecule has 114 valence electrons. The lowest BCUT2D eigenvalue weighted by atomic mass is 10.3. The van der Waals surface area contributed by atoms with Crippen LogP contribution in [0.4, 0.5) is 11.4 Å². The fourth-order valence-corrected chi connectivity index (χ4v) is 3.51. The summed E-state index contributed by atoms with van der Waals surface area (Å²) in [7, 11) is -2.55. The van der Waals surface area contributed by atoms with E-state index in [9.17, 15) is 18.5 Å². The SMILES string of the molecule is CCN(CCC#N)S(=O)(=O)c1cccc(NC)c1[N+](=O)[O-]. The van der Waals surface area contributed by atoms with Crippen LogP contribution in [0.25, 0.3) is 0 Å². The molecule has 0 fully saturated rings. The molecule has 0 aliphatic carbocycles. The molecule has 0 heterocycles. The van der Waals surface area contributed by atoms with Crippen molar-refractivity contribution in [3.8, 4) is 6.07 Å². The molecule has 0 atom stereocenters. The molecule has 0 unspecified atom stereocenters. The molecule has 21 heavy (non-hydrogen) atoms. The summed E-state index contributed by atoms with van der Waals surface area (Å²) in [6.07, 6.45) is 0.0204. The number of nitro groups is 1. The fraction of sp³-hybridized carbons (Fsp3) is 0.417. The molecule has 0 radical (unpaired) electrons. The van der Waals surface area contributed by atoms with Gasteiger partial charge in [0.05, 0.1) is 11.0 Å². The molecule has 0 aliphatic rings. The van der Waals surface area contributed by atoms with Crippen LogP contribution < -0.4 is 5.32 Å². The lowest BCUT2D eigenvalue weighted by molar-refractivity contribution is -0.386. The van der Waals surface area contributed by atoms with Crippen LogP contribution in [0.3, 0.4) is 0 Å². The minimum absolute atomic E-state index is 0.00370. The van der Waals surface area contributed by atoms with E-state index in [1.165, 1.54) is 25.2 Å². The molecule has 1 aromatic carbocycles. The van der Waals surface area contributed by atoms with Crippen molar-refractivity contribution in [3.63, 3.8) is 0 Å². The van der Waals surface area contributed by atoms with Crippen LogP contribution in [0.15, 0.2) is 23.1 Å². The Kier molecular flexibility index (Phi) is 5.63. The predicted molar refractivity (Wildman–Crippen MR) is 77.3 cm³/mol. The van der Waals surface area contributed by atoms with Crippen LogP contribution >= 0.6 is 0 Å². The summed E-state index contributed by atoms with van der Waals surface area (Å²) in [5.74, 6) is 0. The first kappa shape index (κ1) is 16.9. The first-order valence-corrected chi connectivity index (χ1v) is 7.66. The van der Waals surface area contributed by atoms with Gasteiger partial charge in [0.1, 0.15) is 5.69 Å². The highest BCUT2D eigenvalue weighted by molar-refractivity contribution is 7.89. The average molecular weight is 312 g/mol. The van der Waals surface area contributed by atoms with Crippen molar-refractivity contribution in [1.29, 1.82) is 5.26 Å². The van der Waals surface area contributed by atoms with Crippen LogP contribution in [0.1, 0.15) is 13.3 Å². The maximum absolute atomic E-state index is 12.5. The van der Waals surface area contributed by atoms with Gasteiger partial charge in [-0.2, -0.15) is 9.57 Å². The second-order valence-corrected chi connectivity index (χ2v) is 5.97. The van der Waals surface area contributed by atoms with Crippen molar-refractivity contribution in [1.82, 2.24) is 4.31 Å². The lowest BCUT2D eigenvalue weighted by Crippen LogP contribution is -2.32. The van der Waals surface area contributed by atoms with E-state index in [1.807, 2.05) is 6.07 Å². The van der Waals surface area contributed by atoms with E-state index < -0.39 is 20.6 Å². The molecule has 0 saturated carbocycles. The van der Waals surface area contributed by atoms with E-state index in [-0.39, 0.29) is 30.1 Å². The molecule has 1 N–H and O–H groups in total. The van der Waals surface area contributed by atoms with E-state index in [4.69, 9.17) is 5.26 Å². The zero-order chi connectivity index (χ0) is 16.0. The van der Waals surface area contributed by atoms with Crippen LogP contribution in [-0.4, -0.2) is 37.8 Å². The molecule has 0 spiro atoms. The van der Waals surface area contributed by atoms with E-state index in [0.717, 1.165) is 4.31 Å². The third-order valence-electron chi connectivity index (χ3n) is 2.89. The van der Waals surface area contributed by atoms with Gasteiger partial charge in [-0.25, -0.2) is 8.42 Å². The number of sulfonamides is 1. The highest BCUT2D eigenvalue weighted by atomic mass is 32.2. The number of hydrogen-bond donors (Lipinski definition) is 1. The Labute approximate surface area is 123 Å². The van der Waals surface area contributed by atoms with Gasteiger partial charge in [0.25, 0.3) is 0 Å². The highest BCUT2D eigenvalue weighted by Crippen LogP contribution is 2.33. The molecular formula is C12H16N4O4S. The number of benzene rings is 1. The summed E-state index contributed by atoms with van der Waals surface area (Å²) in [4.78, 5) is 10.1. The van der Waals surface area contributed by atoms with Crippen molar-refractivity contribution in [2.24, 2.45) is 0 Å². The molecule has 9 heteroatoms. The molecule has 0 amide bonds. The second kappa shape index (κ2) is 7.01.